The summed E-state index contributed by atoms with van der Waals surface area (Å²) in [6.45, 7) is 3.07. The predicted octanol–water partition coefficient (Wildman–Crippen LogP) is 3.96. The van der Waals surface area contributed by atoms with Crippen molar-refractivity contribution < 1.29 is 19.1 Å². The van der Waals surface area contributed by atoms with Crippen LogP contribution in [0.1, 0.15) is 13.8 Å². The average Bonchev–Trinajstić information content (AvgIpc) is 2.62. The lowest BCUT2D eigenvalue weighted by atomic mass is 9.90. The first-order chi connectivity index (χ1) is 12.3. The minimum atomic E-state index is -1.34. The predicted molar refractivity (Wildman–Crippen MR) is 102 cm³/mol. The Morgan fingerprint density at radius 1 is 0.962 bits per heavy atom. The molecule has 0 unspecified atom stereocenters. The Bertz CT molecular complexity index is 821. The molecule has 0 aliphatic heterocycles. The van der Waals surface area contributed by atoms with Crippen LogP contribution in [0.15, 0.2) is 42.5 Å². The molecule has 0 heterocycles. The molecule has 0 aromatic heterocycles. The number of nitrogens with one attached hydrogen (secondary N) is 2. The minimum Gasteiger partial charge on any atom is -0.497 e. The van der Waals surface area contributed by atoms with E-state index in [1.807, 2.05) is 0 Å². The van der Waals surface area contributed by atoms with E-state index >= 15 is 0 Å². The molecule has 0 saturated heterocycles. The minimum absolute atomic E-state index is 0.396. The van der Waals surface area contributed by atoms with Crippen LogP contribution < -0.4 is 20.1 Å². The molecule has 0 aliphatic carbocycles. The lowest BCUT2D eigenvalue weighted by Crippen LogP contribution is -2.41. The number of rotatable bonds is 6. The number of benzene rings is 2. The third-order valence-electron chi connectivity index (χ3n) is 3.87. The molecule has 7 heteroatoms. The maximum Gasteiger partial charge on any atom is 0.239 e. The molecule has 26 heavy (non-hydrogen) atoms. The van der Waals surface area contributed by atoms with Crippen LogP contribution in [0.5, 0.6) is 11.5 Å². The zero-order valence-corrected chi connectivity index (χ0v) is 15.8. The number of methoxy groups -OCH3 is 2. The summed E-state index contributed by atoms with van der Waals surface area (Å²) in [6.07, 6.45) is 0. The highest BCUT2D eigenvalue weighted by atomic mass is 35.5. The van der Waals surface area contributed by atoms with Crippen molar-refractivity contribution in [3.8, 4) is 11.5 Å². The van der Waals surface area contributed by atoms with Gasteiger partial charge >= 0.3 is 0 Å². The fourth-order valence-electron chi connectivity index (χ4n) is 2.15. The first kappa shape index (κ1) is 19.6. The SMILES string of the molecule is COc1cccc(NC(=O)C(C)(C)C(=O)Nc2cc(Cl)ccc2OC)c1. The smallest absolute Gasteiger partial charge is 0.239 e. The van der Waals surface area contributed by atoms with Gasteiger partial charge in [-0.2, -0.15) is 0 Å². The number of anilines is 2. The van der Waals surface area contributed by atoms with Crippen LogP contribution in [-0.4, -0.2) is 26.0 Å². The van der Waals surface area contributed by atoms with E-state index < -0.39 is 17.2 Å². The van der Waals surface area contributed by atoms with Gasteiger partial charge in [-0.1, -0.05) is 17.7 Å². The van der Waals surface area contributed by atoms with Gasteiger partial charge in [0.25, 0.3) is 0 Å². The number of hydrogen-bond acceptors (Lipinski definition) is 4. The molecule has 2 N–H and O–H groups in total. The van der Waals surface area contributed by atoms with E-state index in [2.05, 4.69) is 10.6 Å². The van der Waals surface area contributed by atoms with E-state index in [1.165, 1.54) is 28.1 Å². The van der Waals surface area contributed by atoms with E-state index in [4.69, 9.17) is 21.1 Å². The fourth-order valence-corrected chi connectivity index (χ4v) is 2.32. The maximum atomic E-state index is 12.7. The van der Waals surface area contributed by atoms with E-state index in [9.17, 15) is 9.59 Å². The van der Waals surface area contributed by atoms with Gasteiger partial charge < -0.3 is 20.1 Å². The quantitative estimate of drug-likeness (QED) is 0.748. The number of carbonyl (C=O) groups excluding carboxylic acids is 2. The number of hydrogen-bond donors (Lipinski definition) is 2. The Morgan fingerprint density at radius 2 is 1.65 bits per heavy atom. The summed E-state index contributed by atoms with van der Waals surface area (Å²) in [5, 5.41) is 5.87. The van der Waals surface area contributed by atoms with Gasteiger partial charge in [0.05, 0.1) is 19.9 Å². The van der Waals surface area contributed by atoms with Gasteiger partial charge in [-0.15, -0.1) is 0 Å². The summed E-state index contributed by atoms with van der Waals surface area (Å²) in [5.41, 5.74) is -0.404. The Balaban J connectivity index is 2.16. The molecule has 2 amide bonds. The highest BCUT2D eigenvalue weighted by Crippen LogP contribution is 2.30. The summed E-state index contributed by atoms with van der Waals surface area (Å²) in [5.74, 6) is 0.114. The summed E-state index contributed by atoms with van der Waals surface area (Å²) in [6, 6.07) is 11.8. The van der Waals surface area contributed by atoms with Gasteiger partial charge in [-0.25, -0.2) is 0 Å². The molecule has 0 atom stereocenters. The average molecular weight is 377 g/mol. The Hall–Kier alpha value is -2.73. The van der Waals surface area contributed by atoms with Gasteiger partial charge in [0, 0.05) is 16.8 Å². The van der Waals surface area contributed by atoms with Crippen molar-refractivity contribution in [1.82, 2.24) is 0 Å². The van der Waals surface area contributed by atoms with Gasteiger partial charge in [0.1, 0.15) is 16.9 Å². The monoisotopic (exact) mass is 376 g/mol. The second kappa shape index (κ2) is 8.10. The molecule has 0 saturated carbocycles. The Labute approximate surface area is 157 Å². The van der Waals surface area contributed by atoms with Crippen molar-refractivity contribution in [3.63, 3.8) is 0 Å². The first-order valence-electron chi connectivity index (χ1n) is 7.88. The molecule has 2 aromatic carbocycles. The first-order valence-corrected chi connectivity index (χ1v) is 8.26. The molecule has 2 rings (SSSR count). The Kier molecular flexibility index (Phi) is 6.10. The maximum absolute atomic E-state index is 12.7. The largest absolute Gasteiger partial charge is 0.497 e. The summed E-state index contributed by atoms with van der Waals surface area (Å²) >= 11 is 5.97. The van der Waals surface area contributed by atoms with Crippen molar-refractivity contribution in [2.45, 2.75) is 13.8 Å². The van der Waals surface area contributed by atoms with E-state index in [1.54, 1.807) is 42.5 Å². The molecule has 0 fully saturated rings. The number of halogens is 1. The molecule has 138 valence electrons. The van der Waals surface area contributed by atoms with Gasteiger partial charge in [-0.3, -0.25) is 9.59 Å². The second-order valence-corrected chi connectivity index (χ2v) is 6.55. The van der Waals surface area contributed by atoms with Crippen molar-refractivity contribution in [3.05, 3.63) is 47.5 Å². The molecule has 0 aliphatic rings. The summed E-state index contributed by atoms with van der Waals surface area (Å²) in [4.78, 5) is 25.3. The van der Waals surface area contributed by atoms with Crippen LogP contribution in [0.25, 0.3) is 0 Å². The van der Waals surface area contributed by atoms with Gasteiger partial charge in [0.15, 0.2) is 0 Å². The molecule has 2 aromatic rings. The molecule has 0 bridgehead atoms. The van der Waals surface area contributed by atoms with E-state index in [-0.39, 0.29) is 0 Å². The van der Waals surface area contributed by atoms with Crippen molar-refractivity contribution >= 4 is 34.8 Å². The normalized spacial score (nSPS) is 10.8. The van der Waals surface area contributed by atoms with E-state index in [0.29, 0.717) is 27.9 Å². The number of ether oxygens (including phenoxy) is 2. The van der Waals surface area contributed by atoms with E-state index in [0.717, 1.165) is 0 Å². The molecular formula is C19H21ClN2O4. The van der Waals surface area contributed by atoms with Gasteiger partial charge in [-0.05, 0) is 44.2 Å². The highest BCUT2D eigenvalue weighted by Gasteiger charge is 2.36. The zero-order valence-electron chi connectivity index (χ0n) is 15.1. The van der Waals surface area contributed by atoms with Crippen molar-refractivity contribution in [2.24, 2.45) is 5.41 Å². The third-order valence-corrected chi connectivity index (χ3v) is 4.11. The topological polar surface area (TPSA) is 76.7 Å². The third kappa shape index (κ3) is 4.46. The van der Waals surface area contributed by atoms with Crippen LogP contribution in [0.3, 0.4) is 0 Å². The number of amides is 2. The highest BCUT2D eigenvalue weighted by molar-refractivity contribution is 6.31. The lowest BCUT2D eigenvalue weighted by molar-refractivity contribution is -0.135. The van der Waals surface area contributed by atoms with Crippen LogP contribution in [0.2, 0.25) is 5.02 Å². The standard InChI is InChI=1S/C19H21ClN2O4/c1-19(2,17(23)21-13-6-5-7-14(11-13)25-3)18(24)22-15-10-12(20)8-9-16(15)26-4/h5-11H,1-4H3,(H,21,23)(H,22,24). The lowest BCUT2D eigenvalue weighted by Gasteiger charge is -2.23. The second-order valence-electron chi connectivity index (χ2n) is 6.11. The fraction of sp³-hybridized carbons (Fsp3) is 0.263. The molecular weight excluding hydrogens is 356 g/mol. The molecule has 0 spiro atoms. The Morgan fingerprint density at radius 3 is 2.31 bits per heavy atom. The zero-order chi connectivity index (χ0) is 19.3. The van der Waals surface area contributed by atoms with Gasteiger partial charge in [0.2, 0.25) is 11.8 Å². The van der Waals surface area contributed by atoms with Crippen LogP contribution in [0.4, 0.5) is 11.4 Å². The molecule has 6 nitrogen and oxygen atoms in total. The van der Waals surface area contributed by atoms with Crippen LogP contribution in [-0.2, 0) is 9.59 Å². The summed E-state index contributed by atoms with van der Waals surface area (Å²) < 4.78 is 10.3. The van der Waals surface area contributed by atoms with Crippen molar-refractivity contribution in [2.75, 3.05) is 24.9 Å². The van der Waals surface area contributed by atoms with Crippen LogP contribution in [0, 0.1) is 5.41 Å². The van der Waals surface area contributed by atoms with Crippen LogP contribution >= 0.6 is 11.6 Å². The summed E-state index contributed by atoms with van der Waals surface area (Å²) in [7, 11) is 3.02. The van der Waals surface area contributed by atoms with Crippen molar-refractivity contribution in [1.29, 1.82) is 0 Å². The molecule has 0 radical (unpaired) electrons. The number of carbonyl (C=O) groups is 2.